The van der Waals surface area contributed by atoms with Gasteiger partial charge in [-0.05, 0) is 48.5 Å². The van der Waals surface area contributed by atoms with Gasteiger partial charge in [-0.1, -0.05) is 36.4 Å². The number of rotatable bonds is 6. The van der Waals surface area contributed by atoms with Crippen molar-refractivity contribution in [3.8, 4) is 11.3 Å². The zero-order chi connectivity index (χ0) is 22.6. The fourth-order valence-corrected chi connectivity index (χ4v) is 4.07. The number of H-pyrrole nitrogens is 1. The number of amides is 1. The molecule has 8 nitrogen and oxygen atoms in total. The van der Waals surface area contributed by atoms with Gasteiger partial charge in [0, 0.05) is 28.6 Å². The first-order valence-corrected chi connectivity index (χ1v) is 11.0. The summed E-state index contributed by atoms with van der Waals surface area (Å²) < 4.78 is 27.5. The molecule has 0 aliphatic carbocycles. The molecule has 0 fully saturated rings. The molecule has 4 aromatic rings. The Morgan fingerprint density at radius 2 is 1.56 bits per heavy atom. The van der Waals surface area contributed by atoms with Gasteiger partial charge in [0.15, 0.2) is 0 Å². The molecule has 3 aromatic carbocycles. The third-order valence-electron chi connectivity index (χ3n) is 4.53. The number of benzene rings is 3. The number of carbonyl (C=O) groups is 1. The molecule has 0 spiro atoms. The molecule has 1 amide bonds. The SMILES string of the molecule is O=C(Nc1cccc(-c2ccc(=O)[nH]n2)c1)c1cccc(NS(=O)(=O)c2ccccc2)c1. The molecule has 0 atom stereocenters. The van der Waals surface area contributed by atoms with E-state index in [0.717, 1.165) is 0 Å². The summed E-state index contributed by atoms with van der Waals surface area (Å²) in [5, 5.41) is 9.14. The van der Waals surface area contributed by atoms with Gasteiger partial charge in [0.1, 0.15) is 0 Å². The summed E-state index contributed by atoms with van der Waals surface area (Å²) >= 11 is 0. The quantitative estimate of drug-likeness (QED) is 0.419. The number of hydrogen-bond donors (Lipinski definition) is 3. The first kappa shape index (κ1) is 21.0. The van der Waals surface area contributed by atoms with Crippen molar-refractivity contribution in [2.24, 2.45) is 0 Å². The summed E-state index contributed by atoms with van der Waals surface area (Å²) in [7, 11) is -3.77. The number of nitrogens with one attached hydrogen (secondary N) is 3. The van der Waals surface area contributed by atoms with Crippen LogP contribution in [0.1, 0.15) is 10.4 Å². The number of anilines is 2. The van der Waals surface area contributed by atoms with Crippen molar-refractivity contribution in [3.05, 3.63) is 107 Å². The lowest BCUT2D eigenvalue weighted by atomic mass is 10.1. The van der Waals surface area contributed by atoms with Crippen LogP contribution in [0, 0.1) is 0 Å². The highest BCUT2D eigenvalue weighted by atomic mass is 32.2. The lowest BCUT2D eigenvalue weighted by Gasteiger charge is -2.10. The first-order valence-electron chi connectivity index (χ1n) is 9.56. The molecule has 9 heteroatoms. The van der Waals surface area contributed by atoms with Gasteiger partial charge in [-0.2, -0.15) is 5.10 Å². The zero-order valence-corrected chi connectivity index (χ0v) is 17.5. The minimum atomic E-state index is -3.77. The van der Waals surface area contributed by atoms with Gasteiger partial charge in [0.25, 0.3) is 21.5 Å². The highest BCUT2D eigenvalue weighted by Crippen LogP contribution is 2.21. The molecule has 4 rings (SSSR count). The number of hydrogen-bond acceptors (Lipinski definition) is 5. The average Bonchev–Trinajstić information content (AvgIpc) is 2.80. The summed E-state index contributed by atoms with van der Waals surface area (Å²) in [5.41, 5.74) is 2.04. The monoisotopic (exact) mass is 446 g/mol. The summed E-state index contributed by atoms with van der Waals surface area (Å²) in [4.78, 5) is 24.1. The molecule has 0 radical (unpaired) electrons. The van der Waals surface area contributed by atoms with E-state index >= 15 is 0 Å². The molecule has 0 bridgehead atoms. The van der Waals surface area contributed by atoms with E-state index in [1.807, 2.05) is 0 Å². The summed E-state index contributed by atoms with van der Waals surface area (Å²) in [6.45, 7) is 0. The van der Waals surface area contributed by atoms with Crippen molar-refractivity contribution in [3.63, 3.8) is 0 Å². The van der Waals surface area contributed by atoms with E-state index in [0.29, 0.717) is 16.9 Å². The normalized spacial score (nSPS) is 11.0. The Morgan fingerprint density at radius 3 is 2.31 bits per heavy atom. The lowest BCUT2D eigenvalue weighted by Crippen LogP contribution is -2.15. The van der Waals surface area contributed by atoms with Crippen LogP contribution in [0.5, 0.6) is 0 Å². The van der Waals surface area contributed by atoms with E-state index in [9.17, 15) is 18.0 Å². The predicted molar refractivity (Wildman–Crippen MR) is 122 cm³/mol. The van der Waals surface area contributed by atoms with E-state index in [-0.39, 0.29) is 21.7 Å². The van der Waals surface area contributed by atoms with Crippen LogP contribution in [0.2, 0.25) is 0 Å². The van der Waals surface area contributed by atoms with E-state index in [1.165, 1.54) is 24.3 Å². The van der Waals surface area contributed by atoms with Gasteiger partial charge in [0.2, 0.25) is 0 Å². The molecule has 1 aromatic heterocycles. The molecular formula is C23H18N4O4S. The van der Waals surface area contributed by atoms with Crippen molar-refractivity contribution < 1.29 is 13.2 Å². The maximum Gasteiger partial charge on any atom is 0.264 e. The van der Waals surface area contributed by atoms with E-state index in [2.05, 4.69) is 20.2 Å². The molecular weight excluding hydrogens is 428 g/mol. The Kier molecular flexibility index (Phi) is 5.82. The van der Waals surface area contributed by atoms with Crippen molar-refractivity contribution in [1.82, 2.24) is 10.2 Å². The molecule has 0 unspecified atom stereocenters. The summed E-state index contributed by atoms with van der Waals surface area (Å²) in [5.74, 6) is -0.405. The van der Waals surface area contributed by atoms with Gasteiger partial charge < -0.3 is 5.32 Å². The first-order chi connectivity index (χ1) is 15.4. The average molecular weight is 446 g/mol. The van der Waals surface area contributed by atoms with E-state index in [4.69, 9.17) is 0 Å². The van der Waals surface area contributed by atoms with Crippen LogP contribution in [0.4, 0.5) is 11.4 Å². The lowest BCUT2D eigenvalue weighted by molar-refractivity contribution is 0.102. The van der Waals surface area contributed by atoms with E-state index in [1.54, 1.807) is 66.7 Å². The Balaban J connectivity index is 1.52. The summed E-state index contributed by atoms with van der Waals surface area (Å²) in [6.07, 6.45) is 0. The number of carbonyl (C=O) groups excluding carboxylic acids is 1. The smallest absolute Gasteiger partial charge is 0.264 e. The number of aromatic nitrogens is 2. The van der Waals surface area contributed by atoms with Crippen LogP contribution in [-0.2, 0) is 10.0 Å². The summed E-state index contributed by atoms with van der Waals surface area (Å²) in [6, 6.07) is 24.1. The molecule has 3 N–H and O–H groups in total. The molecule has 160 valence electrons. The standard InChI is InChI=1S/C23H18N4O4S/c28-22-13-12-21(25-26-22)16-6-4-8-18(14-16)24-23(29)17-7-5-9-19(15-17)27-32(30,31)20-10-2-1-3-11-20/h1-15,27H,(H,24,29)(H,26,28). The molecule has 0 aliphatic heterocycles. The second-order valence-electron chi connectivity index (χ2n) is 6.84. The second-order valence-corrected chi connectivity index (χ2v) is 8.52. The maximum atomic E-state index is 12.7. The molecule has 1 heterocycles. The topological polar surface area (TPSA) is 121 Å². The van der Waals surface area contributed by atoms with Gasteiger partial charge in [0.05, 0.1) is 10.6 Å². The minimum Gasteiger partial charge on any atom is -0.322 e. The fraction of sp³-hybridized carbons (Fsp3) is 0. The third kappa shape index (κ3) is 4.90. The van der Waals surface area contributed by atoms with Crippen molar-refractivity contribution >= 4 is 27.3 Å². The zero-order valence-electron chi connectivity index (χ0n) is 16.6. The number of sulfonamides is 1. The highest BCUT2D eigenvalue weighted by Gasteiger charge is 2.15. The molecule has 32 heavy (non-hydrogen) atoms. The van der Waals surface area contributed by atoms with Gasteiger partial charge >= 0.3 is 0 Å². The highest BCUT2D eigenvalue weighted by molar-refractivity contribution is 7.92. The Hall–Kier alpha value is -4.24. The van der Waals surface area contributed by atoms with Crippen LogP contribution in [0.15, 0.2) is 101 Å². The van der Waals surface area contributed by atoms with Crippen LogP contribution in [0.3, 0.4) is 0 Å². The Bertz CT molecular complexity index is 1410. The van der Waals surface area contributed by atoms with Gasteiger partial charge in [-0.25, -0.2) is 13.5 Å². The van der Waals surface area contributed by atoms with Crippen molar-refractivity contribution in [2.45, 2.75) is 4.90 Å². The maximum absolute atomic E-state index is 12.7. The largest absolute Gasteiger partial charge is 0.322 e. The van der Waals surface area contributed by atoms with Crippen LogP contribution in [0.25, 0.3) is 11.3 Å². The fourth-order valence-electron chi connectivity index (χ4n) is 3.00. The second kappa shape index (κ2) is 8.86. The Morgan fingerprint density at radius 1 is 0.812 bits per heavy atom. The molecule has 0 saturated heterocycles. The van der Waals surface area contributed by atoms with Crippen LogP contribution < -0.4 is 15.6 Å². The van der Waals surface area contributed by atoms with Gasteiger partial charge in [-0.3, -0.25) is 14.3 Å². The third-order valence-corrected chi connectivity index (χ3v) is 5.92. The Labute approximate surface area is 184 Å². The molecule has 0 aliphatic rings. The van der Waals surface area contributed by atoms with Crippen molar-refractivity contribution in [1.29, 1.82) is 0 Å². The van der Waals surface area contributed by atoms with Crippen molar-refractivity contribution in [2.75, 3.05) is 10.0 Å². The number of aromatic amines is 1. The number of nitrogens with zero attached hydrogens (tertiary/aromatic N) is 1. The molecule has 0 saturated carbocycles. The van der Waals surface area contributed by atoms with E-state index < -0.39 is 15.9 Å². The predicted octanol–water partition coefficient (Wildman–Crippen LogP) is 3.49. The van der Waals surface area contributed by atoms with Crippen LogP contribution in [-0.4, -0.2) is 24.5 Å². The van der Waals surface area contributed by atoms with Crippen LogP contribution >= 0.6 is 0 Å². The van der Waals surface area contributed by atoms with Gasteiger partial charge in [-0.15, -0.1) is 0 Å². The minimum absolute atomic E-state index is 0.127.